The molecular formula is C11H10N2S3. The van der Waals surface area contributed by atoms with Crippen LogP contribution < -0.4 is 0 Å². The number of aromatic nitrogens is 2. The number of thioether (sulfide) groups is 2. The lowest BCUT2D eigenvalue weighted by Gasteiger charge is -2.04. The van der Waals surface area contributed by atoms with Crippen molar-refractivity contribution in [3.8, 4) is 0 Å². The van der Waals surface area contributed by atoms with E-state index in [2.05, 4.69) is 34.5 Å². The van der Waals surface area contributed by atoms with Crippen molar-refractivity contribution in [1.82, 2.24) is 10.2 Å². The molecule has 1 atom stereocenters. The second kappa shape index (κ2) is 4.77. The van der Waals surface area contributed by atoms with Crippen LogP contribution in [-0.2, 0) is 6.42 Å². The molecule has 5 heteroatoms. The second-order valence-corrected chi connectivity index (χ2v) is 7.01. The van der Waals surface area contributed by atoms with Crippen LogP contribution in [0.3, 0.4) is 0 Å². The van der Waals surface area contributed by atoms with E-state index in [0.29, 0.717) is 5.25 Å². The van der Waals surface area contributed by atoms with Gasteiger partial charge in [0, 0.05) is 15.9 Å². The Morgan fingerprint density at radius 1 is 1.38 bits per heavy atom. The Labute approximate surface area is 107 Å². The molecule has 1 unspecified atom stereocenters. The highest BCUT2D eigenvalue weighted by Gasteiger charge is 2.21. The second-order valence-electron chi connectivity index (χ2n) is 3.57. The summed E-state index contributed by atoms with van der Waals surface area (Å²) in [5.74, 6) is 1.12. The highest BCUT2D eigenvalue weighted by atomic mass is 32.2. The van der Waals surface area contributed by atoms with Crippen LogP contribution in [0, 0.1) is 0 Å². The van der Waals surface area contributed by atoms with Crippen molar-refractivity contribution in [2.45, 2.75) is 20.9 Å². The summed E-state index contributed by atoms with van der Waals surface area (Å²) in [6.07, 6.45) is 1.19. The minimum atomic E-state index is 0.686. The van der Waals surface area contributed by atoms with Crippen LogP contribution in [-0.4, -0.2) is 21.2 Å². The van der Waals surface area contributed by atoms with Crippen LogP contribution in [0.5, 0.6) is 0 Å². The summed E-state index contributed by atoms with van der Waals surface area (Å²) in [5.41, 5.74) is 3.29. The van der Waals surface area contributed by atoms with Gasteiger partial charge in [-0.25, -0.2) is 0 Å². The quantitative estimate of drug-likeness (QED) is 0.796. The lowest BCUT2D eigenvalue weighted by atomic mass is 10.1. The largest absolute Gasteiger partial charge is 0.174 e. The van der Waals surface area contributed by atoms with Crippen LogP contribution in [0.1, 0.15) is 5.56 Å². The molecule has 3 rings (SSSR count). The summed E-state index contributed by atoms with van der Waals surface area (Å²) in [6.45, 7) is 0. The molecule has 0 saturated carbocycles. The number of hydrogen-bond donors (Lipinski definition) is 0. The number of rotatable bonds is 3. The first-order valence-corrected chi connectivity index (χ1v) is 7.80. The zero-order chi connectivity index (χ0) is 10.8. The minimum absolute atomic E-state index is 0.686. The monoisotopic (exact) mass is 266 g/mol. The van der Waals surface area contributed by atoms with Crippen LogP contribution >= 0.6 is 34.9 Å². The smallest absolute Gasteiger partial charge is 0.146 e. The maximum atomic E-state index is 4.05. The fourth-order valence-corrected chi connectivity index (χ4v) is 4.73. The van der Waals surface area contributed by atoms with E-state index in [4.69, 9.17) is 0 Å². The Balaban J connectivity index is 1.60. The molecule has 0 radical (unpaired) electrons. The molecule has 82 valence electrons. The molecule has 2 aromatic rings. The molecule has 1 aliphatic heterocycles. The molecule has 0 amide bonds. The Kier molecular flexibility index (Phi) is 3.17. The van der Waals surface area contributed by atoms with E-state index in [1.54, 1.807) is 16.8 Å². The van der Waals surface area contributed by atoms with Gasteiger partial charge in [-0.2, -0.15) is 0 Å². The Morgan fingerprint density at radius 2 is 2.31 bits per heavy atom. The maximum absolute atomic E-state index is 4.05. The molecule has 0 fully saturated rings. The predicted molar refractivity (Wildman–Crippen MR) is 70.4 cm³/mol. The van der Waals surface area contributed by atoms with Gasteiger partial charge >= 0.3 is 0 Å². The number of fused-ring (bicyclic) bond motifs is 1. The first-order valence-electron chi connectivity index (χ1n) is 5.05. The van der Waals surface area contributed by atoms with E-state index >= 15 is 0 Å². The Hall–Kier alpha value is -0.520. The van der Waals surface area contributed by atoms with Gasteiger partial charge in [0.25, 0.3) is 0 Å². The molecule has 0 aliphatic carbocycles. The fourth-order valence-electron chi connectivity index (χ4n) is 1.74. The molecule has 0 saturated heterocycles. The van der Waals surface area contributed by atoms with Crippen molar-refractivity contribution >= 4 is 34.9 Å². The lowest BCUT2D eigenvalue weighted by molar-refractivity contribution is 0.963. The number of benzene rings is 1. The van der Waals surface area contributed by atoms with Gasteiger partial charge in [0.05, 0.1) is 0 Å². The van der Waals surface area contributed by atoms with Gasteiger partial charge < -0.3 is 0 Å². The highest BCUT2D eigenvalue weighted by molar-refractivity contribution is 8.04. The van der Waals surface area contributed by atoms with E-state index in [9.17, 15) is 0 Å². The Bertz CT molecular complexity index is 445. The zero-order valence-electron chi connectivity index (χ0n) is 8.50. The highest BCUT2D eigenvalue weighted by Crippen LogP contribution is 2.39. The van der Waals surface area contributed by atoms with Gasteiger partial charge in [-0.15, -0.1) is 22.0 Å². The third-order valence-electron chi connectivity index (χ3n) is 2.45. The predicted octanol–water partition coefficient (Wildman–Crippen LogP) is 3.35. The first-order chi connectivity index (χ1) is 7.92. The van der Waals surface area contributed by atoms with E-state index < -0.39 is 0 Å². The van der Waals surface area contributed by atoms with Crippen molar-refractivity contribution in [1.29, 1.82) is 0 Å². The van der Waals surface area contributed by atoms with Crippen LogP contribution in [0.4, 0.5) is 0 Å². The third kappa shape index (κ3) is 2.26. The Morgan fingerprint density at radius 3 is 3.12 bits per heavy atom. The molecule has 1 aromatic carbocycles. The SMILES string of the molecule is c1ccc2c(c1)CC(CSc1nncs1)S2. The molecule has 2 nitrogen and oxygen atoms in total. The summed E-state index contributed by atoms with van der Waals surface area (Å²) >= 11 is 5.43. The summed E-state index contributed by atoms with van der Waals surface area (Å²) < 4.78 is 1.08. The van der Waals surface area contributed by atoms with E-state index in [-0.39, 0.29) is 0 Å². The van der Waals surface area contributed by atoms with E-state index in [1.165, 1.54) is 16.9 Å². The van der Waals surface area contributed by atoms with Crippen molar-refractivity contribution in [2.75, 3.05) is 5.75 Å². The van der Waals surface area contributed by atoms with Gasteiger partial charge in [0.1, 0.15) is 5.51 Å². The summed E-state index contributed by atoms with van der Waals surface area (Å²) in [5, 5.41) is 8.58. The standard InChI is InChI=1S/C11H10N2S3/c1-2-4-10-8(3-1)5-9(16-10)6-14-11-13-12-7-15-11/h1-4,7,9H,5-6H2. The van der Waals surface area contributed by atoms with Crippen LogP contribution in [0.2, 0.25) is 0 Å². The van der Waals surface area contributed by atoms with E-state index in [0.717, 1.165) is 10.1 Å². The third-order valence-corrected chi connectivity index (χ3v) is 6.00. The minimum Gasteiger partial charge on any atom is -0.146 e. The maximum Gasteiger partial charge on any atom is 0.174 e. The van der Waals surface area contributed by atoms with Crippen LogP contribution in [0.15, 0.2) is 39.0 Å². The van der Waals surface area contributed by atoms with Crippen molar-refractivity contribution < 1.29 is 0 Å². The van der Waals surface area contributed by atoms with Gasteiger partial charge in [-0.05, 0) is 18.1 Å². The summed E-state index contributed by atoms with van der Waals surface area (Å²) in [7, 11) is 0. The van der Waals surface area contributed by atoms with Crippen LogP contribution in [0.25, 0.3) is 0 Å². The normalized spacial score (nSPS) is 18.6. The molecule has 0 spiro atoms. The molecule has 0 bridgehead atoms. The summed E-state index contributed by atoms with van der Waals surface area (Å²) in [6, 6.07) is 8.69. The zero-order valence-corrected chi connectivity index (χ0v) is 10.9. The first kappa shape index (κ1) is 10.6. The number of hydrogen-bond acceptors (Lipinski definition) is 5. The van der Waals surface area contributed by atoms with Gasteiger partial charge in [0.15, 0.2) is 4.34 Å². The molecule has 16 heavy (non-hydrogen) atoms. The van der Waals surface area contributed by atoms with Gasteiger partial charge in [-0.3, -0.25) is 0 Å². The van der Waals surface area contributed by atoms with Crippen molar-refractivity contribution in [2.24, 2.45) is 0 Å². The fraction of sp³-hybridized carbons (Fsp3) is 0.273. The number of nitrogens with zero attached hydrogens (tertiary/aromatic N) is 2. The average molecular weight is 266 g/mol. The molecule has 1 aliphatic rings. The molecule has 1 aromatic heterocycles. The van der Waals surface area contributed by atoms with Gasteiger partial charge in [0.2, 0.25) is 0 Å². The molecule has 2 heterocycles. The average Bonchev–Trinajstić information content (AvgIpc) is 2.95. The lowest BCUT2D eigenvalue weighted by Crippen LogP contribution is -2.03. The molecule has 0 N–H and O–H groups in total. The van der Waals surface area contributed by atoms with Crippen molar-refractivity contribution in [3.05, 3.63) is 35.3 Å². The summed E-state index contributed by atoms with van der Waals surface area (Å²) in [4.78, 5) is 1.45. The molecular weight excluding hydrogens is 256 g/mol. The van der Waals surface area contributed by atoms with Crippen molar-refractivity contribution in [3.63, 3.8) is 0 Å². The van der Waals surface area contributed by atoms with Gasteiger partial charge in [-0.1, -0.05) is 41.3 Å². The van der Waals surface area contributed by atoms with E-state index in [1.807, 2.05) is 23.5 Å². The topological polar surface area (TPSA) is 25.8 Å².